The predicted molar refractivity (Wildman–Crippen MR) is 124 cm³/mol. The van der Waals surface area contributed by atoms with Gasteiger partial charge in [-0.05, 0) is 56.4 Å². The maximum absolute atomic E-state index is 13.9. The summed E-state index contributed by atoms with van der Waals surface area (Å²) in [5.74, 6) is -2.04. The van der Waals surface area contributed by atoms with Crippen LogP contribution in [0.3, 0.4) is 0 Å². The van der Waals surface area contributed by atoms with E-state index in [0.717, 1.165) is 6.20 Å². The van der Waals surface area contributed by atoms with E-state index >= 15 is 0 Å². The molecule has 0 radical (unpaired) electrons. The van der Waals surface area contributed by atoms with Crippen LogP contribution in [-0.2, 0) is 20.4 Å². The molecule has 7 unspecified atom stereocenters. The number of alkyl halides is 6. The van der Waals surface area contributed by atoms with Crippen LogP contribution in [0.4, 0.5) is 32.2 Å². The van der Waals surface area contributed by atoms with Gasteiger partial charge in [0.25, 0.3) is 0 Å². The van der Waals surface area contributed by atoms with Crippen molar-refractivity contribution in [2.75, 3.05) is 38.3 Å². The first-order valence-corrected chi connectivity index (χ1v) is 13.2. The number of aliphatic hydroxyl groups is 1. The molecule has 4 fully saturated rings. The fraction of sp³-hybridized carbons (Fsp3) is 0.800. The Morgan fingerprint density at radius 3 is 2.64 bits per heavy atom. The second-order valence-electron chi connectivity index (χ2n) is 11.2. The summed E-state index contributed by atoms with van der Waals surface area (Å²) in [5.41, 5.74) is -2.00. The molecular formula is C25H32F6N4O4. The third kappa shape index (κ3) is 5.31. The molecule has 1 aromatic heterocycles. The number of methoxy groups -OCH3 is 1. The van der Waals surface area contributed by atoms with E-state index in [1.54, 1.807) is 12.0 Å². The first-order valence-electron chi connectivity index (χ1n) is 13.2. The van der Waals surface area contributed by atoms with Crippen molar-refractivity contribution in [3.8, 4) is 0 Å². The molecule has 0 spiro atoms. The number of carbonyl (C=O) groups excluding carboxylic acids is 1. The van der Waals surface area contributed by atoms with Gasteiger partial charge in [-0.2, -0.15) is 26.3 Å². The van der Waals surface area contributed by atoms with Crippen LogP contribution >= 0.6 is 0 Å². The van der Waals surface area contributed by atoms with Crippen LogP contribution in [0.25, 0.3) is 0 Å². The van der Waals surface area contributed by atoms with E-state index in [0.29, 0.717) is 38.9 Å². The van der Waals surface area contributed by atoms with Gasteiger partial charge in [0.2, 0.25) is 11.7 Å². The molecule has 1 aliphatic carbocycles. The molecule has 1 amide bonds. The second-order valence-corrected chi connectivity index (χ2v) is 11.2. The molecule has 218 valence electrons. The number of halogens is 6. The molecule has 1 N–H and O–H groups in total. The number of fused-ring (bicyclic) bond motifs is 2. The van der Waals surface area contributed by atoms with E-state index in [2.05, 4.69) is 9.97 Å². The van der Waals surface area contributed by atoms with Crippen LogP contribution in [0.2, 0.25) is 0 Å². The zero-order valence-electron chi connectivity index (χ0n) is 21.4. The molecule has 7 atom stereocenters. The van der Waals surface area contributed by atoms with Crippen LogP contribution in [0.5, 0.6) is 0 Å². The van der Waals surface area contributed by atoms with Crippen molar-refractivity contribution in [1.29, 1.82) is 0 Å². The van der Waals surface area contributed by atoms with Gasteiger partial charge in [0, 0.05) is 33.0 Å². The van der Waals surface area contributed by atoms with E-state index in [4.69, 9.17) is 9.47 Å². The Morgan fingerprint density at radius 2 is 2.00 bits per heavy atom. The minimum atomic E-state index is -4.97. The third-order valence-corrected chi connectivity index (χ3v) is 8.98. The van der Waals surface area contributed by atoms with E-state index in [9.17, 15) is 36.2 Å². The molecule has 4 aliphatic rings. The summed E-state index contributed by atoms with van der Waals surface area (Å²) in [4.78, 5) is 23.8. The summed E-state index contributed by atoms with van der Waals surface area (Å²) in [6.07, 6.45) is -9.76. The second kappa shape index (κ2) is 10.3. The third-order valence-electron chi connectivity index (χ3n) is 8.98. The highest BCUT2D eigenvalue weighted by Crippen LogP contribution is 2.53. The summed E-state index contributed by atoms with van der Waals surface area (Å²) in [5, 5.41) is 10.5. The SMILES string of the molecule is COC1COCCC1CC1CCC(C(=O)N2CC3CC2CN3c2ccnc(C(F)(F)F)n2)(C(O)C(F)(F)F)C1. The van der Waals surface area contributed by atoms with Gasteiger partial charge in [-0.25, -0.2) is 9.97 Å². The number of aromatic nitrogens is 2. The molecule has 3 saturated heterocycles. The van der Waals surface area contributed by atoms with Crippen molar-refractivity contribution < 1.29 is 45.7 Å². The van der Waals surface area contributed by atoms with Crippen LogP contribution in [0.1, 0.15) is 44.3 Å². The molecule has 2 bridgehead atoms. The lowest BCUT2D eigenvalue weighted by molar-refractivity contribution is -0.240. The molecular weight excluding hydrogens is 534 g/mol. The average molecular weight is 567 g/mol. The number of nitrogens with zero attached hydrogens (tertiary/aromatic N) is 4. The van der Waals surface area contributed by atoms with Crippen LogP contribution in [0.15, 0.2) is 12.3 Å². The van der Waals surface area contributed by atoms with E-state index in [1.807, 2.05) is 0 Å². The van der Waals surface area contributed by atoms with Crippen molar-refractivity contribution in [1.82, 2.24) is 14.9 Å². The highest BCUT2D eigenvalue weighted by Gasteiger charge is 2.62. The van der Waals surface area contributed by atoms with Gasteiger partial charge in [0.15, 0.2) is 6.10 Å². The lowest BCUT2D eigenvalue weighted by Crippen LogP contribution is -2.58. The summed E-state index contributed by atoms with van der Waals surface area (Å²) < 4.78 is 92.0. The number of rotatable bonds is 6. The largest absolute Gasteiger partial charge is 0.451 e. The maximum atomic E-state index is 13.9. The Kier molecular flexibility index (Phi) is 7.51. The first-order chi connectivity index (χ1) is 18.3. The van der Waals surface area contributed by atoms with Gasteiger partial charge < -0.3 is 24.4 Å². The minimum Gasteiger partial charge on any atom is -0.383 e. The fourth-order valence-electron chi connectivity index (χ4n) is 7.10. The van der Waals surface area contributed by atoms with Gasteiger partial charge >= 0.3 is 12.4 Å². The highest BCUT2D eigenvalue weighted by atomic mass is 19.4. The van der Waals surface area contributed by atoms with Crippen molar-refractivity contribution >= 4 is 11.7 Å². The molecule has 0 aromatic carbocycles. The number of amides is 1. The molecule has 3 aliphatic heterocycles. The van der Waals surface area contributed by atoms with Gasteiger partial charge in [-0.3, -0.25) is 4.79 Å². The monoisotopic (exact) mass is 566 g/mol. The van der Waals surface area contributed by atoms with Crippen molar-refractivity contribution in [3.05, 3.63) is 18.1 Å². The van der Waals surface area contributed by atoms with Crippen molar-refractivity contribution in [2.24, 2.45) is 17.3 Å². The normalized spacial score (nSPS) is 34.1. The molecule has 1 saturated carbocycles. The van der Waals surface area contributed by atoms with E-state index in [-0.39, 0.29) is 49.7 Å². The van der Waals surface area contributed by atoms with Gasteiger partial charge in [-0.15, -0.1) is 0 Å². The molecule has 5 rings (SSSR count). The zero-order chi connectivity index (χ0) is 28.2. The number of anilines is 1. The summed E-state index contributed by atoms with van der Waals surface area (Å²) in [6, 6.07) is 0.468. The number of piperazine rings is 1. The number of aliphatic hydroxyl groups excluding tert-OH is 1. The lowest BCUT2D eigenvalue weighted by Gasteiger charge is -2.42. The number of hydrogen-bond donors (Lipinski definition) is 1. The number of carbonyl (C=O) groups is 1. The van der Waals surface area contributed by atoms with Crippen molar-refractivity contribution in [2.45, 2.75) is 75.2 Å². The topological polar surface area (TPSA) is 88.0 Å². The van der Waals surface area contributed by atoms with Crippen LogP contribution in [-0.4, -0.2) is 89.8 Å². The standard InChI is InChI=1S/C25H32F6N4O4/c1-38-18-13-39-7-4-15(18)8-14-2-5-23(10-14,20(36)24(26,27)28)22(37)35-12-16-9-17(35)11-34(16)19-3-6-32-21(33-19)25(29,30)31/h3,6,14-18,20,36H,2,4-5,7-13H2,1H3. The Hall–Kier alpha value is -2.19. The minimum absolute atomic E-state index is 0.0531. The van der Waals surface area contributed by atoms with Crippen LogP contribution in [0, 0.1) is 17.3 Å². The van der Waals surface area contributed by atoms with E-state index < -0.39 is 47.7 Å². The van der Waals surface area contributed by atoms with Gasteiger partial charge in [0.05, 0.1) is 30.2 Å². The molecule has 4 heterocycles. The summed E-state index contributed by atoms with van der Waals surface area (Å²) >= 11 is 0. The molecule has 8 nitrogen and oxygen atoms in total. The predicted octanol–water partition coefficient (Wildman–Crippen LogP) is 3.44. The Bertz CT molecular complexity index is 1060. The molecule has 14 heteroatoms. The van der Waals surface area contributed by atoms with Gasteiger partial charge in [0.1, 0.15) is 5.82 Å². The number of likely N-dealkylation sites (tertiary alicyclic amines) is 1. The highest BCUT2D eigenvalue weighted by molar-refractivity contribution is 5.85. The number of ether oxygens (including phenoxy) is 2. The molecule has 39 heavy (non-hydrogen) atoms. The van der Waals surface area contributed by atoms with E-state index in [1.165, 1.54) is 11.0 Å². The Balaban J connectivity index is 1.32. The Morgan fingerprint density at radius 1 is 1.23 bits per heavy atom. The van der Waals surface area contributed by atoms with Gasteiger partial charge in [-0.1, -0.05) is 0 Å². The fourth-order valence-corrected chi connectivity index (χ4v) is 7.10. The first kappa shape index (κ1) is 28.3. The smallest absolute Gasteiger partial charge is 0.383 e. The van der Waals surface area contributed by atoms with Crippen LogP contribution < -0.4 is 4.90 Å². The van der Waals surface area contributed by atoms with Crippen molar-refractivity contribution in [3.63, 3.8) is 0 Å². The quantitative estimate of drug-likeness (QED) is 0.528. The summed E-state index contributed by atoms with van der Waals surface area (Å²) in [7, 11) is 1.57. The zero-order valence-corrected chi connectivity index (χ0v) is 21.4. The average Bonchev–Trinajstić information content (AvgIpc) is 3.62. The molecule has 1 aromatic rings. The number of hydrogen-bond acceptors (Lipinski definition) is 7. The summed E-state index contributed by atoms with van der Waals surface area (Å²) in [6.45, 7) is 1.14. The maximum Gasteiger partial charge on any atom is 0.451 e. The lowest BCUT2D eigenvalue weighted by atomic mass is 9.76. The Labute approximate surface area is 221 Å².